The van der Waals surface area contributed by atoms with Crippen molar-refractivity contribution in [3.63, 3.8) is 0 Å². The van der Waals surface area contributed by atoms with E-state index in [9.17, 15) is 9.59 Å². The van der Waals surface area contributed by atoms with Crippen molar-refractivity contribution in [3.05, 3.63) is 0 Å². The Bertz CT molecular complexity index is 263. The van der Waals surface area contributed by atoms with Crippen LogP contribution in [0.4, 0.5) is 0 Å². The molecule has 0 aliphatic heterocycles. The van der Waals surface area contributed by atoms with Crippen LogP contribution in [0.2, 0.25) is 0 Å². The second kappa shape index (κ2) is 6.00. The standard InChI is InChI=1S/C12H22NO4/c1-11(2,3)16-7-9(13-8-14)10(15)17-12(4,5)6/h9H,7H2,1-6H3,(H,13,14). The van der Waals surface area contributed by atoms with Crippen molar-refractivity contribution in [1.29, 1.82) is 0 Å². The van der Waals surface area contributed by atoms with Gasteiger partial charge >= 0.3 is 12.4 Å². The minimum Gasteiger partial charge on any atom is -0.458 e. The Labute approximate surface area is 103 Å². The van der Waals surface area contributed by atoms with Crippen LogP contribution in [0.25, 0.3) is 0 Å². The first-order valence-electron chi connectivity index (χ1n) is 5.54. The molecule has 0 saturated carbocycles. The van der Waals surface area contributed by atoms with E-state index in [1.54, 1.807) is 20.8 Å². The van der Waals surface area contributed by atoms with E-state index in [-0.39, 0.29) is 12.2 Å². The van der Waals surface area contributed by atoms with Gasteiger partial charge in [-0.05, 0) is 41.5 Å². The first kappa shape index (κ1) is 15.9. The zero-order valence-corrected chi connectivity index (χ0v) is 11.4. The largest absolute Gasteiger partial charge is 0.458 e. The van der Waals surface area contributed by atoms with E-state index in [0.29, 0.717) is 0 Å². The summed E-state index contributed by atoms with van der Waals surface area (Å²) >= 11 is 0. The van der Waals surface area contributed by atoms with Crippen LogP contribution in [0.15, 0.2) is 0 Å². The van der Waals surface area contributed by atoms with Crippen LogP contribution < -0.4 is 5.32 Å². The monoisotopic (exact) mass is 244 g/mol. The Morgan fingerprint density at radius 1 is 1.18 bits per heavy atom. The predicted octanol–water partition coefficient (Wildman–Crippen LogP) is 1.17. The Balaban J connectivity index is 4.41. The van der Waals surface area contributed by atoms with Crippen LogP contribution in [-0.2, 0) is 19.1 Å². The summed E-state index contributed by atoms with van der Waals surface area (Å²) in [6.07, 6.45) is 1.49. The molecule has 1 N–H and O–H groups in total. The Morgan fingerprint density at radius 3 is 2.06 bits per heavy atom. The molecule has 17 heavy (non-hydrogen) atoms. The van der Waals surface area contributed by atoms with Crippen LogP contribution >= 0.6 is 0 Å². The molecular formula is C12H22NO4. The second-order valence-corrected chi connectivity index (χ2v) is 5.76. The highest BCUT2D eigenvalue weighted by Crippen LogP contribution is 2.11. The Hall–Kier alpha value is -1.10. The molecule has 0 saturated heterocycles. The summed E-state index contributed by atoms with van der Waals surface area (Å²) in [6.45, 7) is 10.9. The lowest BCUT2D eigenvalue weighted by Gasteiger charge is -2.26. The number of nitrogens with one attached hydrogen (secondary N) is 1. The molecule has 0 bridgehead atoms. The highest BCUT2D eigenvalue weighted by molar-refractivity contribution is 5.78. The fourth-order valence-corrected chi connectivity index (χ4v) is 0.946. The van der Waals surface area contributed by atoms with Crippen molar-refractivity contribution in [2.45, 2.75) is 58.8 Å². The molecule has 0 rings (SSSR count). The summed E-state index contributed by atoms with van der Waals surface area (Å²) < 4.78 is 10.6. The van der Waals surface area contributed by atoms with Crippen LogP contribution in [0.1, 0.15) is 41.5 Å². The number of carbonyl (C=O) groups is 1. The van der Waals surface area contributed by atoms with E-state index in [2.05, 4.69) is 5.32 Å². The molecule has 1 amide bonds. The molecule has 0 heterocycles. The van der Waals surface area contributed by atoms with Crippen LogP contribution in [0.3, 0.4) is 0 Å². The van der Waals surface area contributed by atoms with Crippen LogP contribution in [0.5, 0.6) is 0 Å². The highest BCUT2D eigenvalue weighted by atomic mass is 16.6. The zero-order chi connectivity index (χ0) is 13.7. The number of amides is 1. The molecule has 0 fully saturated rings. The van der Waals surface area contributed by atoms with Gasteiger partial charge in [-0.1, -0.05) is 0 Å². The van der Waals surface area contributed by atoms with Gasteiger partial charge in [0, 0.05) is 0 Å². The van der Waals surface area contributed by atoms with Crippen LogP contribution in [0, 0.1) is 0 Å². The summed E-state index contributed by atoms with van der Waals surface area (Å²) in [5.74, 6) is -0.523. The summed E-state index contributed by atoms with van der Waals surface area (Å²) in [5.41, 5.74) is -0.980. The zero-order valence-electron chi connectivity index (χ0n) is 11.4. The molecule has 0 aromatic carbocycles. The maximum atomic E-state index is 11.7. The van der Waals surface area contributed by atoms with Gasteiger partial charge in [-0.3, -0.25) is 4.79 Å². The van der Waals surface area contributed by atoms with E-state index in [1.807, 2.05) is 20.8 Å². The fourth-order valence-electron chi connectivity index (χ4n) is 0.946. The van der Waals surface area contributed by atoms with Gasteiger partial charge in [0.15, 0.2) is 6.04 Å². The van der Waals surface area contributed by atoms with E-state index < -0.39 is 17.6 Å². The van der Waals surface area contributed by atoms with Crippen molar-refractivity contribution >= 4 is 12.4 Å². The Morgan fingerprint density at radius 2 is 1.71 bits per heavy atom. The summed E-state index contributed by atoms with van der Waals surface area (Å²) in [6, 6.07) is -0.828. The topological polar surface area (TPSA) is 64.6 Å². The number of hydrogen-bond acceptors (Lipinski definition) is 4. The number of rotatable bonds is 5. The summed E-state index contributed by atoms with van der Waals surface area (Å²) in [4.78, 5) is 22.0. The fraction of sp³-hybridized carbons (Fsp3) is 0.833. The molecule has 1 atom stereocenters. The minimum absolute atomic E-state index is 0.0631. The van der Waals surface area contributed by atoms with Crippen LogP contribution in [-0.4, -0.2) is 36.2 Å². The van der Waals surface area contributed by atoms with Gasteiger partial charge in [0.25, 0.3) is 0 Å². The molecule has 0 aromatic rings. The maximum absolute atomic E-state index is 11.7. The smallest absolute Gasteiger partial charge is 0.331 e. The molecule has 0 aliphatic carbocycles. The Kier molecular flexibility index (Phi) is 5.61. The number of carbonyl (C=O) groups excluding carboxylic acids is 2. The van der Waals surface area contributed by atoms with Gasteiger partial charge in [0.05, 0.1) is 12.2 Å². The minimum atomic E-state index is -0.828. The second-order valence-electron chi connectivity index (χ2n) is 5.76. The molecule has 0 aromatic heterocycles. The maximum Gasteiger partial charge on any atom is 0.331 e. The molecule has 5 nitrogen and oxygen atoms in total. The molecule has 0 spiro atoms. The third kappa shape index (κ3) is 8.68. The highest BCUT2D eigenvalue weighted by Gasteiger charge is 2.26. The molecular weight excluding hydrogens is 222 g/mol. The van der Waals surface area contributed by atoms with Gasteiger partial charge in [-0.15, -0.1) is 0 Å². The average Bonchev–Trinajstić information content (AvgIpc) is 2.07. The lowest BCUT2D eigenvalue weighted by atomic mass is 10.2. The number of esters is 1. The predicted molar refractivity (Wildman–Crippen MR) is 64.2 cm³/mol. The lowest BCUT2D eigenvalue weighted by molar-refractivity contribution is -0.160. The molecule has 1 radical (unpaired) electrons. The quantitative estimate of drug-likeness (QED) is 0.582. The molecule has 1 unspecified atom stereocenters. The van der Waals surface area contributed by atoms with Gasteiger partial charge < -0.3 is 14.8 Å². The normalized spacial score (nSPS) is 14.0. The van der Waals surface area contributed by atoms with Gasteiger partial charge in [-0.2, -0.15) is 0 Å². The van der Waals surface area contributed by atoms with Gasteiger partial charge in [-0.25, -0.2) is 4.79 Å². The molecule has 99 valence electrons. The van der Waals surface area contributed by atoms with Crippen molar-refractivity contribution < 1.29 is 19.1 Å². The van der Waals surface area contributed by atoms with Crippen molar-refractivity contribution in [3.8, 4) is 0 Å². The van der Waals surface area contributed by atoms with E-state index in [1.165, 1.54) is 6.41 Å². The lowest BCUT2D eigenvalue weighted by Crippen LogP contribution is -2.45. The van der Waals surface area contributed by atoms with Crippen molar-refractivity contribution in [2.24, 2.45) is 0 Å². The first-order chi connectivity index (χ1) is 7.55. The molecule has 0 aliphatic rings. The third-order valence-corrected chi connectivity index (χ3v) is 1.61. The SMILES string of the molecule is CC(C)(C)OCC(N[C]=O)C(=O)OC(C)(C)C. The third-order valence-electron chi connectivity index (χ3n) is 1.61. The van der Waals surface area contributed by atoms with E-state index in [4.69, 9.17) is 9.47 Å². The number of ether oxygens (including phenoxy) is 2. The van der Waals surface area contributed by atoms with Crippen molar-refractivity contribution in [1.82, 2.24) is 5.32 Å². The van der Waals surface area contributed by atoms with Gasteiger partial charge in [0.1, 0.15) is 5.60 Å². The summed E-state index contributed by atoms with van der Waals surface area (Å²) in [5, 5.41) is 2.27. The van der Waals surface area contributed by atoms with Crippen molar-refractivity contribution in [2.75, 3.05) is 6.61 Å². The summed E-state index contributed by atoms with van der Waals surface area (Å²) in [7, 11) is 0. The van der Waals surface area contributed by atoms with E-state index >= 15 is 0 Å². The molecule has 5 heteroatoms. The first-order valence-corrected chi connectivity index (χ1v) is 5.54. The average molecular weight is 244 g/mol. The number of hydrogen-bond donors (Lipinski definition) is 1. The van der Waals surface area contributed by atoms with E-state index in [0.717, 1.165) is 0 Å². The van der Waals surface area contributed by atoms with Gasteiger partial charge in [0.2, 0.25) is 0 Å².